The molecule has 0 heterocycles. The lowest BCUT2D eigenvalue weighted by Crippen LogP contribution is -2.35. The van der Waals surface area contributed by atoms with Crippen LogP contribution in [0.3, 0.4) is 0 Å². The molecule has 0 fully saturated rings. The molecule has 0 aromatic heterocycles. The smallest absolute Gasteiger partial charge is 0.170 e. The first-order valence-electron chi connectivity index (χ1n) is 6.33. The Morgan fingerprint density at radius 3 is 1.75 bits per heavy atom. The van der Waals surface area contributed by atoms with Crippen molar-refractivity contribution in [1.82, 2.24) is 0 Å². The Bertz CT molecular complexity index is 693. The van der Waals surface area contributed by atoms with Gasteiger partial charge in [-0.15, -0.1) is 0 Å². The standard InChI is InChI=1S/C17H12N2O/c1-20-17(12(10-18)11-19)15-8-4-2-6-13(15)14-7-3-5-9-16(14)17/h2-9,12H,1H3. The van der Waals surface area contributed by atoms with Crippen LogP contribution in [-0.4, -0.2) is 7.11 Å². The fraction of sp³-hybridized carbons (Fsp3) is 0.176. The number of ether oxygens (including phenoxy) is 1. The third-order valence-electron chi connectivity index (χ3n) is 3.93. The quantitative estimate of drug-likeness (QED) is 0.833. The van der Waals surface area contributed by atoms with Crippen molar-refractivity contribution >= 4 is 0 Å². The zero-order valence-electron chi connectivity index (χ0n) is 11.0. The van der Waals surface area contributed by atoms with Gasteiger partial charge in [-0.3, -0.25) is 0 Å². The average Bonchev–Trinajstić information content (AvgIpc) is 2.81. The summed E-state index contributed by atoms with van der Waals surface area (Å²) in [6, 6.07) is 19.7. The highest BCUT2D eigenvalue weighted by Gasteiger charge is 2.50. The largest absolute Gasteiger partial charge is 0.366 e. The second kappa shape index (κ2) is 4.49. The van der Waals surface area contributed by atoms with Crippen LogP contribution >= 0.6 is 0 Å². The maximum atomic E-state index is 9.38. The van der Waals surface area contributed by atoms with Crippen LogP contribution in [0.5, 0.6) is 0 Å². The van der Waals surface area contributed by atoms with Crippen molar-refractivity contribution in [2.45, 2.75) is 5.60 Å². The van der Waals surface area contributed by atoms with E-state index in [2.05, 4.69) is 12.1 Å². The van der Waals surface area contributed by atoms with Gasteiger partial charge in [0.1, 0.15) is 5.60 Å². The van der Waals surface area contributed by atoms with E-state index in [1.54, 1.807) is 7.11 Å². The first-order valence-corrected chi connectivity index (χ1v) is 6.33. The Kier molecular flexibility index (Phi) is 2.79. The van der Waals surface area contributed by atoms with E-state index in [0.29, 0.717) is 0 Å². The summed E-state index contributed by atoms with van der Waals surface area (Å²) in [5, 5.41) is 18.8. The Balaban J connectivity index is 2.42. The van der Waals surface area contributed by atoms with Gasteiger partial charge in [0.05, 0.1) is 12.1 Å². The highest BCUT2D eigenvalue weighted by atomic mass is 16.5. The van der Waals surface area contributed by atoms with Crippen LogP contribution in [0.1, 0.15) is 11.1 Å². The minimum Gasteiger partial charge on any atom is -0.366 e. The minimum absolute atomic E-state index is 0.886. The summed E-state index contributed by atoms with van der Waals surface area (Å²) in [5.41, 5.74) is 2.82. The van der Waals surface area contributed by atoms with Crippen molar-refractivity contribution in [3.8, 4) is 23.3 Å². The molecular formula is C17H12N2O. The molecule has 0 saturated carbocycles. The van der Waals surface area contributed by atoms with Crippen molar-refractivity contribution in [3.05, 3.63) is 59.7 Å². The van der Waals surface area contributed by atoms with E-state index in [-0.39, 0.29) is 0 Å². The molecule has 2 aromatic carbocycles. The molecule has 0 spiro atoms. The molecule has 1 aliphatic carbocycles. The van der Waals surface area contributed by atoms with E-state index in [1.165, 1.54) is 0 Å². The molecule has 0 saturated heterocycles. The van der Waals surface area contributed by atoms with Gasteiger partial charge in [-0.25, -0.2) is 0 Å². The summed E-state index contributed by atoms with van der Waals surface area (Å²) in [5.74, 6) is -0.891. The molecule has 3 nitrogen and oxygen atoms in total. The number of fused-ring (bicyclic) bond motifs is 3. The maximum Gasteiger partial charge on any atom is 0.170 e. The first kappa shape index (κ1) is 12.4. The highest BCUT2D eigenvalue weighted by molar-refractivity contribution is 5.80. The van der Waals surface area contributed by atoms with Gasteiger partial charge in [0.15, 0.2) is 5.92 Å². The lowest BCUT2D eigenvalue weighted by molar-refractivity contribution is 0.00835. The topological polar surface area (TPSA) is 56.8 Å². The molecule has 96 valence electrons. The van der Waals surface area contributed by atoms with E-state index < -0.39 is 11.5 Å². The van der Waals surface area contributed by atoms with Crippen molar-refractivity contribution in [1.29, 1.82) is 10.5 Å². The molecule has 0 radical (unpaired) electrons. The lowest BCUT2D eigenvalue weighted by atomic mass is 9.80. The molecule has 0 aliphatic heterocycles. The Hall–Kier alpha value is -2.62. The second-order valence-corrected chi connectivity index (χ2v) is 4.72. The van der Waals surface area contributed by atoms with Crippen LogP contribution in [0.4, 0.5) is 0 Å². The third kappa shape index (κ3) is 1.36. The fourth-order valence-electron chi connectivity index (χ4n) is 3.09. The van der Waals surface area contributed by atoms with Crippen LogP contribution in [0, 0.1) is 28.6 Å². The van der Waals surface area contributed by atoms with E-state index in [9.17, 15) is 10.5 Å². The van der Waals surface area contributed by atoms with Gasteiger partial charge in [-0.2, -0.15) is 10.5 Å². The fourth-order valence-corrected chi connectivity index (χ4v) is 3.09. The van der Waals surface area contributed by atoms with Gasteiger partial charge < -0.3 is 4.74 Å². The minimum atomic E-state index is -1.00. The van der Waals surface area contributed by atoms with E-state index in [0.717, 1.165) is 22.3 Å². The number of methoxy groups -OCH3 is 1. The summed E-state index contributed by atoms with van der Waals surface area (Å²) in [6.45, 7) is 0. The van der Waals surface area contributed by atoms with E-state index >= 15 is 0 Å². The molecule has 0 unspecified atom stereocenters. The van der Waals surface area contributed by atoms with Crippen molar-refractivity contribution < 1.29 is 4.74 Å². The molecule has 3 heteroatoms. The first-order chi connectivity index (χ1) is 9.79. The summed E-state index contributed by atoms with van der Waals surface area (Å²) in [6.07, 6.45) is 0. The van der Waals surface area contributed by atoms with Crippen LogP contribution < -0.4 is 0 Å². The Morgan fingerprint density at radius 2 is 1.35 bits per heavy atom. The summed E-state index contributed by atoms with van der Waals surface area (Å²) < 4.78 is 5.75. The Morgan fingerprint density at radius 1 is 0.900 bits per heavy atom. The molecule has 0 N–H and O–H groups in total. The van der Waals surface area contributed by atoms with Gasteiger partial charge in [0.2, 0.25) is 0 Å². The predicted octanol–water partition coefficient (Wildman–Crippen LogP) is 3.22. The van der Waals surface area contributed by atoms with Crippen LogP contribution in [0.15, 0.2) is 48.5 Å². The van der Waals surface area contributed by atoms with Gasteiger partial charge in [0.25, 0.3) is 0 Å². The number of nitriles is 2. The van der Waals surface area contributed by atoms with E-state index in [4.69, 9.17) is 4.74 Å². The van der Waals surface area contributed by atoms with Crippen LogP contribution in [-0.2, 0) is 10.3 Å². The second-order valence-electron chi connectivity index (χ2n) is 4.72. The number of benzene rings is 2. The van der Waals surface area contributed by atoms with Gasteiger partial charge in [0, 0.05) is 7.11 Å². The number of hydrogen-bond acceptors (Lipinski definition) is 3. The van der Waals surface area contributed by atoms with Crippen LogP contribution in [0.2, 0.25) is 0 Å². The molecule has 1 aliphatic rings. The summed E-state index contributed by atoms with van der Waals surface area (Å²) in [7, 11) is 1.56. The molecule has 20 heavy (non-hydrogen) atoms. The normalized spacial score (nSPS) is 14.2. The highest BCUT2D eigenvalue weighted by Crippen LogP contribution is 2.52. The summed E-state index contributed by atoms with van der Waals surface area (Å²) in [4.78, 5) is 0. The monoisotopic (exact) mass is 260 g/mol. The van der Waals surface area contributed by atoms with Crippen LogP contribution in [0.25, 0.3) is 11.1 Å². The van der Waals surface area contributed by atoms with Crippen molar-refractivity contribution in [2.75, 3.05) is 7.11 Å². The zero-order chi connectivity index (χ0) is 14.2. The summed E-state index contributed by atoms with van der Waals surface area (Å²) >= 11 is 0. The molecule has 0 atom stereocenters. The molecule has 2 aromatic rings. The lowest BCUT2D eigenvalue weighted by Gasteiger charge is -2.31. The van der Waals surface area contributed by atoms with Crippen molar-refractivity contribution in [3.63, 3.8) is 0 Å². The van der Waals surface area contributed by atoms with Gasteiger partial charge >= 0.3 is 0 Å². The SMILES string of the molecule is COC1(C(C#N)C#N)c2ccccc2-c2ccccc21. The number of hydrogen-bond donors (Lipinski definition) is 0. The number of nitrogens with zero attached hydrogens (tertiary/aromatic N) is 2. The molecule has 0 bridgehead atoms. The van der Waals surface area contributed by atoms with Crippen molar-refractivity contribution in [2.24, 2.45) is 5.92 Å². The molecule has 3 rings (SSSR count). The third-order valence-corrected chi connectivity index (χ3v) is 3.93. The maximum absolute atomic E-state index is 9.38. The average molecular weight is 260 g/mol. The number of rotatable bonds is 2. The zero-order valence-corrected chi connectivity index (χ0v) is 11.0. The van der Waals surface area contributed by atoms with E-state index in [1.807, 2.05) is 48.5 Å². The molecular weight excluding hydrogens is 248 g/mol. The van der Waals surface area contributed by atoms with Gasteiger partial charge in [-0.1, -0.05) is 48.5 Å². The van der Waals surface area contributed by atoms with Gasteiger partial charge in [-0.05, 0) is 22.3 Å². The molecule has 0 amide bonds. The predicted molar refractivity (Wildman–Crippen MR) is 74.4 cm³/mol. The Labute approximate surface area is 117 Å².